The normalized spacial score (nSPS) is 27.6. The van der Waals surface area contributed by atoms with Gasteiger partial charge >= 0.3 is 0 Å². The average molecular weight is 298 g/mol. The van der Waals surface area contributed by atoms with Gasteiger partial charge in [-0.1, -0.05) is 11.2 Å². The Hall–Kier alpha value is -1.94. The number of rotatable bonds is 3. The van der Waals surface area contributed by atoms with Crippen molar-refractivity contribution in [2.75, 3.05) is 19.6 Å². The van der Waals surface area contributed by atoms with Crippen LogP contribution in [0, 0.1) is 17.7 Å². The van der Waals surface area contributed by atoms with E-state index in [0.717, 1.165) is 22.9 Å². The van der Waals surface area contributed by atoms with E-state index in [0.29, 0.717) is 5.92 Å². The lowest BCUT2D eigenvalue weighted by molar-refractivity contribution is 0.0739. The van der Waals surface area contributed by atoms with Crippen LogP contribution >= 0.6 is 0 Å². The van der Waals surface area contributed by atoms with Crippen LogP contribution in [0.15, 0.2) is 40.9 Å². The molecule has 3 fully saturated rings. The first kappa shape index (κ1) is 13.7. The number of benzene rings is 1. The van der Waals surface area contributed by atoms with Gasteiger partial charge in [-0.05, 0) is 68.1 Å². The molecule has 3 nitrogen and oxygen atoms in total. The second-order valence-electron chi connectivity index (χ2n) is 6.28. The maximum atomic E-state index is 12.9. The first-order valence-corrected chi connectivity index (χ1v) is 7.91. The van der Waals surface area contributed by atoms with Crippen LogP contribution in [0.5, 0.6) is 0 Å². The van der Waals surface area contributed by atoms with Crippen LogP contribution in [-0.2, 0) is 0 Å². The monoisotopic (exact) mass is 298 g/mol. The summed E-state index contributed by atoms with van der Waals surface area (Å²) in [7, 11) is 0. The summed E-state index contributed by atoms with van der Waals surface area (Å²) < 4.78 is 18.3. The van der Waals surface area contributed by atoms with E-state index in [9.17, 15) is 4.39 Å². The highest BCUT2D eigenvalue weighted by Gasteiger charge is 2.32. The van der Waals surface area contributed by atoms with Crippen LogP contribution in [0.2, 0.25) is 0 Å². The molecule has 1 unspecified atom stereocenters. The van der Waals surface area contributed by atoms with E-state index in [2.05, 4.69) is 16.1 Å². The van der Waals surface area contributed by atoms with Crippen molar-refractivity contribution in [3.8, 4) is 11.3 Å². The molecule has 3 saturated heterocycles. The predicted molar refractivity (Wildman–Crippen MR) is 83.6 cm³/mol. The molecular formula is C18H19FN2O. The molecule has 0 amide bonds. The highest BCUT2D eigenvalue weighted by Crippen LogP contribution is 2.33. The number of piperidine rings is 3. The van der Waals surface area contributed by atoms with Gasteiger partial charge in [0.25, 0.3) is 0 Å². The van der Waals surface area contributed by atoms with Gasteiger partial charge in [0.15, 0.2) is 5.76 Å². The van der Waals surface area contributed by atoms with E-state index >= 15 is 0 Å². The Kier molecular flexibility index (Phi) is 3.54. The Morgan fingerprint density at radius 1 is 1.18 bits per heavy atom. The minimum atomic E-state index is -0.241. The molecule has 0 saturated carbocycles. The fraction of sp³-hybridized carbons (Fsp3) is 0.389. The second kappa shape index (κ2) is 5.69. The SMILES string of the molecule is Fc1ccc(-c2cc(C=CC3CN4CCC3CC4)on2)cc1. The topological polar surface area (TPSA) is 29.3 Å². The molecule has 3 aliphatic rings. The molecule has 1 aromatic carbocycles. The van der Waals surface area contributed by atoms with Crippen molar-refractivity contribution >= 4 is 6.08 Å². The van der Waals surface area contributed by atoms with Gasteiger partial charge < -0.3 is 9.42 Å². The molecule has 0 aliphatic carbocycles. The lowest BCUT2D eigenvalue weighted by Gasteiger charge is -2.43. The smallest absolute Gasteiger partial charge is 0.159 e. The number of fused-ring (bicyclic) bond motifs is 3. The van der Waals surface area contributed by atoms with Crippen molar-refractivity contribution in [2.24, 2.45) is 11.8 Å². The summed E-state index contributed by atoms with van der Waals surface area (Å²) in [5.41, 5.74) is 1.61. The molecule has 2 bridgehead atoms. The van der Waals surface area contributed by atoms with Crippen LogP contribution in [0.25, 0.3) is 17.3 Å². The van der Waals surface area contributed by atoms with Crippen molar-refractivity contribution in [3.05, 3.63) is 48.0 Å². The molecule has 4 heterocycles. The Bertz CT molecular complexity index is 669. The summed E-state index contributed by atoms with van der Waals surface area (Å²) in [6.07, 6.45) is 6.93. The van der Waals surface area contributed by atoms with Crippen molar-refractivity contribution in [2.45, 2.75) is 12.8 Å². The standard InChI is InChI=1S/C18H19FN2O/c19-16-4-1-14(2-5-16)18-11-17(22-20-18)6-3-15-12-21-9-7-13(15)8-10-21/h1-6,11,13,15H,7-10,12H2. The molecule has 0 spiro atoms. The molecular weight excluding hydrogens is 279 g/mol. The third-order valence-electron chi connectivity index (χ3n) is 4.88. The molecule has 0 N–H and O–H groups in total. The molecule has 114 valence electrons. The van der Waals surface area contributed by atoms with Crippen LogP contribution in [0.4, 0.5) is 4.39 Å². The number of nitrogens with zero attached hydrogens (tertiary/aromatic N) is 2. The molecule has 5 rings (SSSR count). The van der Waals surface area contributed by atoms with Gasteiger partial charge in [0.1, 0.15) is 11.5 Å². The fourth-order valence-electron chi connectivity index (χ4n) is 3.57. The van der Waals surface area contributed by atoms with E-state index in [4.69, 9.17) is 4.52 Å². The summed E-state index contributed by atoms with van der Waals surface area (Å²) in [4.78, 5) is 2.54. The largest absolute Gasteiger partial charge is 0.356 e. The van der Waals surface area contributed by atoms with Gasteiger partial charge in [-0.25, -0.2) is 4.39 Å². The Morgan fingerprint density at radius 3 is 2.64 bits per heavy atom. The zero-order chi connectivity index (χ0) is 14.9. The lowest BCUT2D eigenvalue weighted by atomic mass is 9.79. The quantitative estimate of drug-likeness (QED) is 0.862. The number of halogens is 1. The molecule has 1 atom stereocenters. The summed E-state index contributed by atoms with van der Waals surface area (Å²) in [5, 5.41) is 4.07. The summed E-state index contributed by atoms with van der Waals surface area (Å²) in [5.74, 6) is 1.97. The number of hydrogen-bond acceptors (Lipinski definition) is 3. The molecule has 3 aliphatic heterocycles. The van der Waals surface area contributed by atoms with Crippen molar-refractivity contribution in [1.29, 1.82) is 0 Å². The Labute approximate surface area is 129 Å². The second-order valence-corrected chi connectivity index (χ2v) is 6.28. The minimum absolute atomic E-state index is 0.241. The zero-order valence-corrected chi connectivity index (χ0v) is 12.4. The van der Waals surface area contributed by atoms with E-state index in [1.165, 1.54) is 44.6 Å². The average Bonchev–Trinajstić information content (AvgIpc) is 3.04. The summed E-state index contributed by atoms with van der Waals surface area (Å²) in [6, 6.07) is 8.21. The van der Waals surface area contributed by atoms with E-state index < -0.39 is 0 Å². The van der Waals surface area contributed by atoms with E-state index in [-0.39, 0.29) is 5.82 Å². The summed E-state index contributed by atoms with van der Waals surface area (Å²) in [6.45, 7) is 3.68. The maximum absolute atomic E-state index is 12.9. The minimum Gasteiger partial charge on any atom is -0.356 e. The van der Waals surface area contributed by atoms with E-state index in [1.54, 1.807) is 12.1 Å². The van der Waals surface area contributed by atoms with Crippen LogP contribution in [-0.4, -0.2) is 29.7 Å². The van der Waals surface area contributed by atoms with Gasteiger partial charge in [-0.2, -0.15) is 0 Å². The molecule has 1 aromatic heterocycles. The van der Waals surface area contributed by atoms with Gasteiger partial charge in [0.05, 0.1) is 0 Å². The van der Waals surface area contributed by atoms with Crippen molar-refractivity contribution < 1.29 is 8.91 Å². The molecule has 0 radical (unpaired) electrons. The maximum Gasteiger partial charge on any atom is 0.159 e. The predicted octanol–water partition coefficient (Wildman–Crippen LogP) is 3.84. The first-order valence-electron chi connectivity index (χ1n) is 7.91. The molecule has 22 heavy (non-hydrogen) atoms. The fourth-order valence-corrected chi connectivity index (χ4v) is 3.57. The van der Waals surface area contributed by atoms with Gasteiger partial charge in [-0.3, -0.25) is 0 Å². The third-order valence-corrected chi connectivity index (χ3v) is 4.88. The molecule has 4 heteroatoms. The highest BCUT2D eigenvalue weighted by atomic mass is 19.1. The third kappa shape index (κ3) is 2.71. The number of aromatic nitrogens is 1. The molecule has 2 aromatic rings. The first-order chi connectivity index (χ1) is 10.8. The Balaban J connectivity index is 1.47. The van der Waals surface area contributed by atoms with Crippen LogP contribution in [0.3, 0.4) is 0 Å². The van der Waals surface area contributed by atoms with Gasteiger partial charge in [-0.15, -0.1) is 0 Å². The van der Waals surface area contributed by atoms with Crippen molar-refractivity contribution in [1.82, 2.24) is 10.1 Å². The van der Waals surface area contributed by atoms with Crippen LogP contribution < -0.4 is 0 Å². The highest BCUT2D eigenvalue weighted by molar-refractivity contribution is 5.61. The zero-order valence-electron chi connectivity index (χ0n) is 12.4. The van der Waals surface area contributed by atoms with Crippen molar-refractivity contribution in [3.63, 3.8) is 0 Å². The van der Waals surface area contributed by atoms with Gasteiger partial charge in [0.2, 0.25) is 0 Å². The Morgan fingerprint density at radius 2 is 1.95 bits per heavy atom. The van der Waals surface area contributed by atoms with Gasteiger partial charge in [0, 0.05) is 18.2 Å². The summed E-state index contributed by atoms with van der Waals surface area (Å²) >= 11 is 0. The van der Waals surface area contributed by atoms with E-state index in [1.807, 2.05) is 12.1 Å². The lowest BCUT2D eigenvalue weighted by Crippen LogP contribution is -2.46. The number of hydrogen-bond donors (Lipinski definition) is 0. The van der Waals surface area contributed by atoms with Crippen LogP contribution in [0.1, 0.15) is 18.6 Å².